The number of anilines is 1. The van der Waals surface area contributed by atoms with E-state index in [1.807, 2.05) is 6.92 Å². The molecule has 118 valence electrons. The summed E-state index contributed by atoms with van der Waals surface area (Å²) < 4.78 is 26.8. The van der Waals surface area contributed by atoms with Gasteiger partial charge in [0.1, 0.15) is 5.82 Å². The lowest BCUT2D eigenvalue weighted by atomic mass is 9.93. The molecule has 2 rings (SSSR count). The standard InChI is InChI=1S/C14H23N3O3S/c1-3-15-14-10-13(4-7-16-14)21(19,20)17-8-5-12(6-9-17)11(2)18/h4,7,10-12,18H,3,5-6,8-9H2,1-2H3,(H,15,16). The van der Waals surface area contributed by atoms with Gasteiger partial charge >= 0.3 is 0 Å². The van der Waals surface area contributed by atoms with Gasteiger partial charge in [-0.05, 0) is 38.7 Å². The van der Waals surface area contributed by atoms with Crippen LogP contribution in [0.4, 0.5) is 5.82 Å². The van der Waals surface area contributed by atoms with Crippen LogP contribution in [-0.2, 0) is 10.0 Å². The average molecular weight is 313 g/mol. The van der Waals surface area contributed by atoms with Gasteiger partial charge < -0.3 is 10.4 Å². The molecule has 0 radical (unpaired) electrons. The van der Waals surface area contributed by atoms with Gasteiger partial charge in [0, 0.05) is 31.9 Å². The number of aliphatic hydroxyl groups excluding tert-OH is 1. The van der Waals surface area contributed by atoms with E-state index in [1.54, 1.807) is 13.0 Å². The Morgan fingerprint density at radius 2 is 2.14 bits per heavy atom. The maximum Gasteiger partial charge on any atom is 0.243 e. The second-order valence-corrected chi connectivity index (χ2v) is 7.33. The fourth-order valence-corrected chi connectivity index (χ4v) is 4.08. The van der Waals surface area contributed by atoms with Crippen LogP contribution in [0.15, 0.2) is 23.2 Å². The first-order valence-corrected chi connectivity index (χ1v) is 8.77. The Morgan fingerprint density at radius 3 is 2.71 bits per heavy atom. The highest BCUT2D eigenvalue weighted by molar-refractivity contribution is 7.89. The number of hydrogen-bond acceptors (Lipinski definition) is 5. The molecule has 2 N–H and O–H groups in total. The molecule has 1 aromatic rings. The van der Waals surface area contributed by atoms with Gasteiger partial charge in [0.25, 0.3) is 0 Å². The Hall–Kier alpha value is -1.18. The smallest absolute Gasteiger partial charge is 0.243 e. The van der Waals surface area contributed by atoms with Crippen molar-refractivity contribution in [2.24, 2.45) is 5.92 Å². The summed E-state index contributed by atoms with van der Waals surface area (Å²) in [6.45, 7) is 5.30. The van der Waals surface area contributed by atoms with Crippen LogP contribution in [0.3, 0.4) is 0 Å². The lowest BCUT2D eigenvalue weighted by Gasteiger charge is -2.32. The van der Waals surface area contributed by atoms with Crippen molar-refractivity contribution in [2.45, 2.75) is 37.7 Å². The monoisotopic (exact) mass is 313 g/mol. The molecule has 0 aromatic carbocycles. The van der Waals surface area contributed by atoms with Crippen molar-refractivity contribution < 1.29 is 13.5 Å². The molecule has 0 amide bonds. The maximum absolute atomic E-state index is 12.6. The quantitative estimate of drug-likeness (QED) is 0.856. The third-order valence-electron chi connectivity index (χ3n) is 3.91. The molecule has 1 atom stereocenters. The highest BCUT2D eigenvalue weighted by Gasteiger charge is 2.31. The number of nitrogens with one attached hydrogen (secondary N) is 1. The van der Waals surface area contributed by atoms with E-state index >= 15 is 0 Å². The normalized spacial score (nSPS) is 19.4. The van der Waals surface area contributed by atoms with E-state index in [0.717, 1.165) is 0 Å². The first-order chi connectivity index (χ1) is 9.95. The van der Waals surface area contributed by atoms with Crippen LogP contribution < -0.4 is 5.32 Å². The summed E-state index contributed by atoms with van der Waals surface area (Å²) in [5.41, 5.74) is 0. The summed E-state index contributed by atoms with van der Waals surface area (Å²) in [4.78, 5) is 4.36. The van der Waals surface area contributed by atoms with Crippen molar-refractivity contribution in [1.29, 1.82) is 0 Å². The fourth-order valence-electron chi connectivity index (χ4n) is 2.60. The van der Waals surface area contributed by atoms with Crippen LogP contribution in [0.25, 0.3) is 0 Å². The Bertz CT molecular complexity index is 567. The van der Waals surface area contributed by atoms with E-state index in [9.17, 15) is 13.5 Å². The predicted octanol–water partition coefficient (Wildman–Crippen LogP) is 1.29. The molecule has 0 saturated carbocycles. The summed E-state index contributed by atoms with van der Waals surface area (Å²) in [6, 6.07) is 3.09. The number of pyridine rings is 1. The predicted molar refractivity (Wildman–Crippen MR) is 81.6 cm³/mol. The number of aliphatic hydroxyl groups is 1. The molecular formula is C14H23N3O3S. The van der Waals surface area contributed by atoms with Gasteiger partial charge in [-0.15, -0.1) is 0 Å². The van der Waals surface area contributed by atoms with Crippen molar-refractivity contribution in [3.8, 4) is 0 Å². The second-order valence-electron chi connectivity index (χ2n) is 5.39. The van der Waals surface area contributed by atoms with Crippen LogP contribution in [0.1, 0.15) is 26.7 Å². The zero-order valence-electron chi connectivity index (χ0n) is 12.5. The van der Waals surface area contributed by atoms with Crippen LogP contribution >= 0.6 is 0 Å². The highest BCUT2D eigenvalue weighted by atomic mass is 32.2. The van der Waals surface area contributed by atoms with Gasteiger partial charge in [0.2, 0.25) is 10.0 Å². The number of rotatable bonds is 5. The molecule has 7 heteroatoms. The molecule has 2 heterocycles. The maximum atomic E-state index is 12.6. The topological polar surface area (TPSA) is 82.5 Å². The lowest BCUT2D eigenvalue weighted by molar-refractivity contribution is 0.0912. The van der Waals surface area contributed by atoms with Crippen LogP contribution in [0, 0.1) is 5.92 Å². The summed E-state index contributed by atoms with van der Waals surface area (Å²) in [7, 11) is -3.48. The zero-order chi connectivity index (χ0) is 15.5. The van der Waals surface area contributed by atoms with Gasteiger partial charge in [0.15, 0.2) is 0 Å². The third-order valence-corrected chi connectivity index (χ3v) is 5.80. The molecule has 1 fully saturated rings. The largest absolute Gasteiger partial charge is 0.393 e. The molecule has 1 aliphatic rings. The molecule has 0 spiro atoms. The van der Waals surface area contributed by atoms with Crippen LogP contribution in [-0.4, -0.2) is 48.6 Å². The van der Waals surface area contributed by atoms with E-state index in [-0.39, 0.29) is 16.9 Å². The number of hydrogen-bond donors (Lipinski definition) is 2. The van der Waals surface area contributed by atoms with Gasteiger partial charge in [0.05, 0.1) is 11.0 Å². The summed E-state index contributed by atoms with van der Waals surface area (Å²) in [5, 5.41) is 12.6. The molecule has 6 nitrogen and oxygen atoms in total. The summed E-state index contributed by atoms with van der Waals surface area (Å²) in [5.74, 6) is 0.753. The van der Waals surface area contributed by atoms with Crippen LogP contribution in [0.5, 0.6) is 0 Å². The van der Waals surface area contributed by atoms with Crippen molar-refractivity contribution in [1.82, 2.24) is 9.29 Å². The van der Waals surface area contributed by atoms with Gasteiger partial charge in [-0.2, -0.15) is 4.31 Å². The van der Waals surface area contributed by atoms with E-state index in [1.165, 1.54) is 16.6 Å². The third kappa shape index (κ3) is 3.72. The first kappa shape index (κ1) is 16.2. The molecule has 21 heavy (non-hydrogen) atoms. The highest BCUT2D eigenvalue weighted by Crippen LogP contribution is 2.26. The van der Waals surface area contributed by atoms with Crippen molar-refractivity contribution in [2.75, 3.05) is 25.0 Å². The fraction of sp³-hybridized carbons (Fsp3) is 0.643. The van der Waals surface area contributed by atoms with Crippen LogP contribution in [0.2, 0.25) is 0 Å². The molecule has 0 bridgehead atoms. The molecule has 1 saturated heterocycles. The van der Waals surface area contributed by atoms with Crippen molar-refractivity contribution >= 4 is 15.8 Å². The summed E-state index contributed by atoms with van der Waals surface area (Å²) >= 11 is 0. The minimum atomic E-state index is -3.48. The molecular weight excluding hydrogens is 290 g/mol. The van der Waals surface area contributed by atoms with E-state index in [2.05, 4.69) is 10.3 Å². The number of sulfonamides is 1. The lowest BCUT2D eigenvalue weighted by Crippen LogP contribution is -2.40. The molecule has 1 aliphatic heterocycles. The molecule has 0 aliphatic carbocycles. The number of nitrogens with zero attached hydrogens (tertiary/aromatic N) is 2. The van der Waals surface area contributed by atoms with Gasteiger partial charge in [-0.1, -0.05) is 0 Å². The first-order valence-electron chi connectivity index (χ1n) is 7.33. The van der Waals surface area contributed by atoms with E-state index < -0.39 is 10.0 Å². The number of aromatic nitrogens is 1. The Kier molecular flexibility index (Phi) is 5.18. The van der Waals surface area contributed by atoms with Crippen molar-refractivity contribution in [3.63, 3.8) is 0 Å². The minimum Gasteiger partial charge on any atom is -0.393 e. The van der Waals surface area contributed by atoms with Gasteiger partial charge in [-0.3, -0.25) is 0 Å². The molecule has 1 aromatic heterocycles. The van der Waals surface area contributed by atoms with Crippen molar-refractivity contribution in [3.05, 3.63) is 18.3 Å². The Labute approximate surface area is 126 Å². The average Bonchev–Trinajstić information content (AvgIpc) is 2.48. The molecule has 1 unspecified atom stereocenters. The minimum absolute atomic E-state index is 0.186. The van der Waals surface area contributed by atoms with E-state index in [0.29, 0.717) is 38.3 Å². The Morgan fingerprint density at radius 1 is 1.48 bits per heavy atom. The zero-order valence-corrected chi connectivity index (χ0v) is 13.3. The second kappa shape index (κ2) is 6.72. The SMILES string of the molecule is CCNc1cc(S(=O)(=O)N2CCC(C(C)O)CC2)ccn1. The number of piperidine rings is 1. The van der Waals surface area contributed by atoms with E-state index in [4.69, 9.17) is 0 Å². The Balaban J connectivity index is 2.13. The summed E-state index contributed by atoms with van der Waals surface area (Å²) in [6.07, 6.45) is 2.52. The van der Waals surface area contributed by atoms with Gasteiger partial charge in [-0.25, -0.2) is 13.4 Å².